The molecule has 106 valence electrons. The smallest absolute Gasteiger partial charge is 0.246 e. The zero-order valence-corrected chi connectivity index (χ0v) is 13.2. The zero-order chi connectivity index (χ0) is 14.9. The van der Waals surface area contributed by atoms with Gasteiger partial charge in [0, 0.05) is 4.47 Å². The van der Waals surface area contributed by atoms with Gasteiger partial charge in [0.15, 0.2) is 0 Å². The van der Waals surface area contributed by atoms with Crippen molar-refractivity contribution in [3.8, 4) is 0 Å². The van der Waals surface area contributed by atoms with E-state index in [1.54, 1.807) is 19.9 Å². The highest BCUT2D eigenvalue weighted by molar-refractivity contribution is 9.10. The Morgan fingerprint density at radius 3 is 2.75 bits per heavy atom. The van der Waals surface area contributed by atoms with Crippen LogP contribution in [0.15, 0.2) is 22.7 Å². The lowest BCUT2D eigenvalue weighted by Gasteiger charge is -2.08. The number of benzene rings is 1. The summed E-state index contributed by atoms with van der Waals surface area (Å²) in [6, 6.07) is 4.43. The minimum absolute atomic E-state index is 0.0190. The van der Waals surface area contributed by atoms with Gasteiger partial charge in [-0.1, -0.05) is 27.5 Å². The van der Waals surface area contributed by atoms with Gasteiger partial charge in [0.1, 0.15) is 12.4 Å². The van der Waals surface area contributed by atoms with Gasteiger partial charge in [-0.2, -0.15) is 5.10 Å². The molecule has 0 atom stereocenters. The van der Waals surface area contributed by atoms with Crippen molar-refractivity contribution in [1.29, 1.82) is 0 Å². The van der Waals surface area contributed by atoms with E-state index in [0.717, 1.165) is 0 Å². The van der Waals surface area contributed by atoms with Crippen LogP contribution in [0.2, 0.25) is 5.02 Å². The van der Waals surface area contributed by atoms with Crippen molar-refractivity contribution in [3.05, 3.63) is 44.9 Å². The molecule has 0 bridgehead atoms. The second kappa shape index (κ2) is 5.93. The molecule has 0 aliphatic heterocycles. The van der Waals surface area contributed by atoms with E-state index < -0.39 is 5.82 Å². The van der Waals surface area contributed by atoms with Gasteiger partial charge in [0.2, 0.25) is 5.91 Å². The monoisotopic (exact) mass is 359 g/mol. The van der Waals surface area contributed by atoms with E-state index in [-0.39, 0.29) is 18.1 Å². The lowest BCUT2D eigenvalue weighted by molar-refractivity contribution is -0.117. The Kier molecular flexibility index (Phi) is 4.45. The number of amides is 1. The average Bonchev–Trinajstić information content (AvgIpc) is 2.61. The zero-order valence-electron chi connectivity index (χ0n) is 10.9. The third kappa shape index (κ3) is 3.19. The van der Waals surface area contributed by atoms with Crippen molar-refractivity contribution in [2.75, 3.05) is 5.32 Å². The molecule has 1 N–H and O–H groups in total. The van der Waals surface area contributed by atoms with Crippen LogP contribution in [0.3, 0.4) is 0 Å². The predicted molar refractivity (Wildman–Crippen MR) is 79.4 cm³/mol. The molecule has 2 rings (SSSR count). The Morgan fingerprint density at radius 1 is 1.50 bits per heavy atom. The lowest BCUT2D eigenvalue weighted by atomic mass is 10.3. The Morgan fingerprint density at radius 2 is 2.20 bits per heavy atom. The van der Waals surface area contributed by atoms with Crippen molar-refractivity contribution < 1.29 is 9.18 Å². The third-order valence-corrected chi connectivity index (χ3v) is 3.83. The van der Waals surface area contributed by atoms with Crippen molar-refractivity contribution in [3.63, 3.8) is 0 Å². The Labute approximate surface area is 129 Å². The fourth-order valence-corrected chi connectivity index (χ4v) is 2.21. The van der Waals surface area contributed by atoms with Gasteiger partial charge in [-0.15, -0.1) is 0 Å². The number of carbonyl (C=O) groups is 1. The SMILES string of the molecule is Cc1nn(CC(=O)Nc2ccc(Br)cc2F)c(C)c1Cl. The summed E-state index contributed by atoms with van der Waals surface area (Å²) in [5.74, 6) is -0.868. The number of nitrogens with one attached hydrogen (secondary N) is 1. The molecular formula is C13H12BrClFN3O. The molecule has 4 nitrogen and oxygen atoms in total. The number of hydrogen-bond acceptors (Lipinski definition) is 2. The Bertz CT molecular complexity index is 672. The molecule has 7 heteroatoms. The van der Waals surface area contributed by atoms with Crippen LogP contribution in [0.1, 0.15) is 11.4 Å². The number of rotatable bonds is 3. The fourth-order valence-electron chi connectivity index (χ4n) is 1.75. The number of nitrogens with zero attached hydrogens (tertiary/aromatic N) is 2. The van der Waals surface area contributed by atoms with Crippen LogP contribution in [0.25, 0.3) is 0 Å². The highest BCUT2D eigenvalue weighted by Gasteiger charge is 2.13. The van der Waals surface area contributed by atoms with Crippen LogP contribution in [-0.2, 0) is 11.3 Å². The van der Waals surface area contributed by atoms with Gasteiger partial charge in [0.05, 0.1) is 22.1 Å². The van der Waals surface area contributed by atoms with Crippen molar-refractivity contribution in [2.45, 2.75) is 20.4 Å². The quantitative estimate of drug-likeness (QED) is 0.907. The van der Waals surface area contributed by atoms with Crippen LogP contribution >= 0.6 is 27.5 Å². The molecule has 0 fully saturated rings. The summed E-state index contributed by atoms with van der Waals surface area (Å²) in [6.45, 7) is 3.52. The van der Waals surface area contributed by atoms with E-state index in [1.165, 1.54) is 16.8 Å². The van der Waals surface area contributed by atoms with E-state index in [9.17, 15) is 9.18 Å². The highest BCUT2D eigenvalue weighted by Crippen LogP contribution is 2.20. The van der Waals surface area contributed by atoms with Gasteiger partial charge in [0.25, 0.3) is 0 Å². The molecule has 1 amide bonds. The molecular weight excluding hydrogens is 349 g/mol. The molecule has 0 saturated carbocycles. The molecule has 0 saturated heterocycles. The molecule has 0 spiro atoms. The molecule has 1 heterocycles. The fraction of sp³-hybridized carbons (Fsp3) is 0.231. The van der Waals surface area contributed by atoms with Gasteiger partial charge in [-0.3, -0.25) is 9.48 Å². The second-order valence-electron chi connectivity index (χ2n) is 4.31. The number of hydrogen-bond donors (Lipinski definition) is 1. The topological polar surface area (TPSA) is 46.9 Å². The summed E-state index contributed by atoms with van der Waals surface area (Å²) in [7, 11) is 0. The van der Waals surface area contributed by atoms with Crippen molar-refractivity contribution in [2.24, 2.45) is 0 Å². The summed E-state index contributed by atoms with van der Waals surface area (Å²) in [5.41, 5.74) is 1.49. The number of aryl methyl sites for hydroxylation is 1. The first-order valence-corrected chi connectivity index (χ1v) is 7.00. The van der Waals surface area contributed by atoms with Crippen LogP contribution in [0, 0.1) is 19.7 Å². The Balaban J connectivity index is 2.11. The summed E-state index contributed by atoms with van der Waals surface area (Å²) in [5, 5.41) is 7.19. The second-order valence-corrected chi connectivity index (χ2v) is 5.61. The summed E-state index contributed by atoms with van der Waals surface area (Å²) >= 11 is 9.16. The highest BCUT2D eigenvalue weighted by atomic mass is 79.9. The van der Waals surface area contributed by atoms with Crippen molar-refractivity contribution in [1.82, 2.24) is 9.78 Å². The van der Waals surface area contributed by atoms with Crippen LogP contribution in [0.5, 0.6) is 0 Å². The molecule has 0 aliphatic rings. The average molecular weight is 361 g/mol. The summed E-state index contributed by atoms with van der Waals surface area (Å²) < 4.78 is 15.7. The number of anilines is 1. The lowest BCUT2D eigenvalue weighted by Crippen LogP contribution is -2.20. The van der Waals surface area contributed by atoms with Crippen LogP contribution < -0.4 is 5.32 Å². The predicted octanol–water partition coefficient (Wildman–Crippen LogP) is 3.69. The number of carbonyl (C=O) groups excluding carboxylic acids is 1. The molecule has 0 unspecified atom stereocenters. The van der Waals surface area contributed by atoms with Gasteiger partial charge in [-0.25, -0.2) is 4.39 Å². The minimum Gasteiger partial charge on any atom is -0.322 e. The summed E-state index contributed by atoms with van der Waals surface area (Å²) in [6.07, 6.45) is 0. The molecule has 20 heavy (non-hydrogen) atoms. The standard InChI is InChI=1S/C13H12BrClFN3O/c1-7-13(15)8(2)19(18-7)6-12(20)17-11-4-3-9(14)5-10(11)16/h3-5H,6H2,1-2H3,(H,17,20). The van der Waals surface area contributed by atoms with Gasteiger partial charge >= 0.3 is 0 Å². The van der Waals surface area contributed by atoms with Gasteiger partial charge < -0.3 is 5.32 Å². The van der Waals surface area contributed by atoms with E-state index in [2.05, 4.69) is 26.3 Å². The maximum atomic E-state index is 13.6. The molecule has 1 aromatic heterocycles. The molecule has 1 aromatic carbocycles. The molecule has 0 aliphatic carbocycles. The molecule has 0 radical (unpaired) electrons. The first-order valence-electron chi connectivity index (χ1n) is 5.83. The first-order chi connectivity index (χ1) is 9.38. The van der Waals surface area contributed by atoms with Crippen molar-refractivity contribution >= 4 is 39.1 Å². The maximum Gasteiger partial charge on any atom is 0.246 e. The normalized spacial score (nSPS) is 10.7. The van der Waals surface area contributed by atoms with Gasteiger partial charge in [-0.05, 0) is 32.0 Å². The van der Waals surface area contributed by atoms with E-state index in [4.69, 9.17) is 11.6 Å². The van der Waals surface area contributed by atoms with E-state index in [1.807, 2.05) is 0 Å². The van der Waals surface area contributed by atoms with E-state index in [0.29, 0.717) is 20.9 Å². The first kappa shape index (κ1) is 15.0. The number of aromatic nitrogens is 2. The van der Waals surface area contributed by atoms with Crippen LogP contribution in [-0.4, -0.2) is 15.7 Å². The minimum atomic E-state index is -0.501. The summed E-state index contributed by atoms with van der Waals surface area (Å²) in [4.78, 5) is 11.9. The third-order valence-electron chi connectivity index (χ3n) is 2.79. The largest absolute Gasteiger partial charge is 0.322 e. The van der Waals surface area contributed by atoms with E-state index >= 15 is 0 Å². The maximum absolute atomic E-state index is 13.6. The molecule has 2 aromatic rings. The van der Waals surface area contributed by atoms with Crippen LogP contribution in [0.4, 0.5) is 10.1 Å². The Hall–Kier alpha value is -1.40. The number of halogens is 3.